The van der Waals surface area contributed by atoms with E-state index in [0.29, 0.717) is 6.04 Å². The van der Waals surface area contributed by atoms with E-state index in [9.17, 15) is 0 Å². The van der Waals surface area contributed by atoms with Gasteiger partial charge in [0.15, 0.2) is 0 Å². The molecule has 19 heavy (non-hydrogen) atoms. The van der Waals surface area contributed by atoms with Gasteiger partial charge in [-0.25, -0.2) is 4.98 Å². The predicted molar refractivity (Wildman–Crippen MR) is 80.7 cm³/mol. The molecule has 1 aromatic heterocycles. The minimum atomic E-state index is -0.122. The van der Waals surface area contributed by atoms with E-state index in [1.807, 2.05) is 17.5 Å². The van der Waals surface area contributed by atoms with Gasteiger partial charge in [-0.1, -0.05) is 6.92 Å². The molecule has 1 aromatic rings. The predicted octanol–water partition coefficient (Wildman–Crippen LogP) is 3.70. The van der Waals surface area contributed by atoms with Crippen molar-refractivity contribution in [2.24, 2.45) is 0 Å². The zero-order valence-electron chi connectivity index (χ0n) is 12.9. The van der Waals surface area contributed by atoms with E-state index in [0.717, 1.165) is 12.8 Å². The molecule has 4 heteroatoms. The molecule has 2 unspecified atom stereocenters. The second kappa shape index (κ2) is 5.15. The van der Waals surface area contributed by atoms with Crippen LogP contribution in [0.1, 0.15) is 63.9 Å². The SMILES string of the molecule is CCc1cnc(C(C)NC2CC(C)(C)OC2(C)C)s1. The minimum Gasteiger partial charge on any atom is -0.368 e. The third kappa shape index (κ3) is 3.36. The van der Waals surface area contributed by atoms with Crippen molar-refractivity contribution in [2.45, 2.75) is 77.7 Å². The summed E-state index contributed by atoms with van der Waals surface area (Å²) in [5.41, 5.74) is -0.166. The van der Waals surface area contributed by atoms with Crippen LogP contribution in [-0.2, 0) is 11.2 Å². The van der Waals surface area contributed by atoms with Gasteiger partial charge < -0.3 is 10.1 Å². The molecule has 1 aliphatic rings. The smallest absolute Gasteiger partial charge is 0.109 e. The van der Waals surface area contributed by atoms with E-state index >= 15 is 0 Å². The third-order valence-electron chi connectivity index (χ3n) is 3.82. The summed E-state index contributed by atoms with van der Waals surface area (Å²) in [5.74, 6) is 0. The third-order valence-corrected chi connectivity index (χ3v) is 5.14. The monoisotopic (exact) mass is 282 g/mol. The lowest BCUT2D eigenvalue weighted by molar-refractivity contribution is -0.0703. The lowest BCUT2D eigenvalue weighted by atomic mass is 9.94. The fourth-order valence-electron chi connectivity index (χ4n) is 2.88. The van der Waals surface area contributed by atoms with Crippen LogP contribution in [0.3, 0.4) is 0 Å². The first kappa shape index (κ1) is 14.9. The molecule has 1 aliphatic heterocycles. The van der Waals surface area contributed by atoms with Crippen molar-refractivity contribution in [1.29, 1.82) is 0 Å². The van der Waals surface area contributed by atoms with Gasteiger partial charge in [0.25, 0.3) is 0 Å². The molecule has 1 saturated heterocycles. The van der Waals surface area contributed by atoms with Crippen LogP contribution in [0.2, 0.25) is 0 Å². The van der Waals surface area contributed by atoms with Crippen molar-refractivity contribution in [3.05, 3.63) is 16.1 Å². The molecular weight excluding hydrogens is 256 g/mol. The average molecular weight is 282 g/mol. The van der Waals surface area contributed by atoms with Crippen molar-refractivity contribution in [1.82, 2.24) is 10.3 Å². The number of aryl methyl sites for hydroxylation is 1. The van der Waals surface area contributed by atoms with Gasteiger partial charge in [0, 0.05) is 17.1 Å². The normalized spacial score (nSPS) is 26.5. The number of rotatable bonds is 4. The molecular formula is C15H26N2OS. The number of nitrogens with zero attached hydrogens (tertiary/aromatic N) is 1. The van der Waals surface area contributed by atoms with Gasteiger partial charge in [0.05, 0.1) is 17.2 Å². The van der Waals surface area contributed by atoms with Crippen LogP contribution < -0.4 is 5.32 Å². The van der Waals surface area contributed by atoms with E-state index in [1.165, 1.54) is 9.88 Å². The highest BCUT2D eigenvalue weighted by atomic mass is 32.1. The maximum Gasteiger partial charge on any atom is 0.109 e. The maximum atomic E-state index is 6.13. The van der Waals surface area contributed by atoms with Crippen LogP contribution in [0.25, 0.3) is 0 Å². The molecule has 0 aromatic carbocycles. The van der Waals surface area contributed by atoms with Crippen molar-refractivity contribution in [3.63, 3.8) is 0 Å². The molecule has 3 nitrogen and oxygen atoms in total. The number of hydrogen-bond acceptors (Lipinski definition) is 4. The average Bonchev–Trinajstić information content (AvgIpc) is 2.81. The van der Waals surface area contributed by atoms with E-state index in [4.69, 9.17) is 4.74 Å². The molecule has 0 aliphatic carbocycles. The summed E-state index contributed by atoms with van der Waals surface area (Å²) in [7, 11) is 0. The quantitative estimate of drug-likeness (QED) is 0.914. The van der Waals surface area contributed by atoms with E-state index in [-0.39, 0.29) is 17.2 Å². The Bertz CT molecular complexity index is 439. The molecule has 1 fully saturated rings. The molecule has 108 valence electrons. The van der Waals surface area contributed by atoms with Crippen molar-refractivity contribution < 1.29 is 4.74 Å². The zero-order chi connectivity index (χ0) is 14.3. The first-order valence-corrected chi connectivity index (χ1v) is 7.96. The summed E-state index contributed by atoms with van der Waals surface area (Å²) in [4.78, 5) is 5.88. The number of aromatic nitrogens is 1. The molecule has 2 heterocycles. The first-order valence-electron chi connectivity index (χ1n) is 7.14. The first-order chi connectivity index (χ1) is 8.73. The van der Waals surface area contributed by atoms with Gasteiger partial charge in [-0.15, -0.1) is 11.3 Å². The van der Waals surface area contributed by atoms with Crippen molar-refractivity contribution >= 4 is 11.3 Å². The van der Waals surface area contributed by atoms with Gasteiger partial charge in [-0.2, -0.15) is 0 Å². The maximum absolute atomic E-state index is 6.13. The standard InChI is InChI=1S/C15H26N2OS/c1-7-11-9-16-13(19-11)10(2)17-12-8-14(3,4)18-15(12,5)6/h9-10,12,17H,7-8H2,1-6H3. The molecule has 0 amide bonds. The topological polar surface area (TPSA) is 34.2 Å². The highest BCUT2D eigenvalue weighted by Gasteiger charge is 2.46. The summed E-state index contributed by atoms with van der Waals surface area (Å²) >= 11 is 1.81. The Kier molecular flexibility index (Phi) is 4.05. The summed E-state index contributed by atoms with van der Waals surface area (Å²) in [6.07, 6.45) is 4.10. The zero-order valence-corrected chi connectivity index (χ0v) is 13.7. The summed E-state index contributed by atoms with van der Waals surface area (Å²) in [6.45, 7) is 13.0. The Morgan fingerprint density at radius 1 is 1.47 bits per heavy atom. The second-order valence-corrected chi connectivity index (χ2v) is 7.78. The Hall–Kier alpha value is -0.450. The van der Waals surface area contributed by atoms with Crippen LogP contribution in [0.15, 0.2) is 6.20 Å². The Balaban J connectivity index is 2.04. The number of hydrogen-bond donors (Lipinski definition) is 1. The fraction of sp³-hybridized carbons (Fsp3) is 0.800. The van der Waals surface area contributed by atoms with Gasteiger partial charge in [0.1, 0.15) is 5.01 Å². The van der Waals surface area contributed by atoms with E-state index in [1.54, 1.807) is 0 Å². The van der Waals surface area contributed by atoms with Crippen molar-refractivity contribution in [3.8, 4) is 0 Å². The van der Waals surface area contributed by atoms with Crippen LogP contribution in [0.4, 0.5) is 0 Å². The summed E-state index contributed by atoms with van der Waals surface area (Å²) in [5, 5.41) is 4.88. The molecule has 1 N–H and O–H groups in total. The molecule has 2 atom stereocenters. The Morgan fingerprint density at radius 3 is 2.63 bits per heavy atom. The number of thiazole rings is 1. The second-order valence-electron chi connectivity index (χ2n) is 6.63. The van der Waals surface area contributed by atoms with Crippen LogP contribution in [0, 0.1) is 0 Å². The highest BCUT2D eigenvalue weighted by molar-refractivity contribution is 7.11. The Labute approximate surface area is 120 Å². The minimum absolute atomic E-state index is 0.0433. The van der Waals surface area contributed by atoms with Crippen LogP contribution in [-0.4, -0.2) is 22.2 Å². The highest BCUT2D eigenvalue weighted by Crippen LogP contribution is 2.38. The van der Waals surface area contributed by atoms with E-state index < -0.39 is 0 Å². The molecule has 0 bridgehead atoms. The summed E-state index contributed by atoms with van der Waals surface area (Å²) < 4.78 is 6.13. The van der Waals surface area contributed by atoms with Crippen LogP contribution >= 0.6 is 11.3 Å². The molecule has 0 saturated carbocycles. The summed E-state index contributed by atoms with van der Waals surface area (Å²) in [6, 6.07) is 0.651. The number of nitrogens with one attached hydrogen (secondary N) is 1. The molecule has 2 rings (SSSR count). The lowest BCUT2D eigenvalue weighted by Crippen LogP contribution is -2.44. The number of ether oxygens (including phenoxy) is 1. The Morgan fingerprint density at radius 2 is 2.16 bits per heavy atom. The van der Waals surface area contributed by atoms with Gasteiger partial charge in [-0.05, 0) is 47.5 Å². The molecule has 0 radical (unpaired) electrons. The largest absolute Gasteiger partial charge is 0.368 e. The van der Waals surface area contributed by atoms with Gasteiger partial charge in [-0.3, -0.25) is 0 Å². The van der Waals surface area contributed by atoms with Gasteiger partial charge in [0.2, 0.25) is 0 Å². The molecule has 0 spiro atoms. The van der Waals surface area contributed by atoms with Crippen molar-refractivity contribution in [2.75, 3.05) is 0 Å². The fourth-order valence-corrected chi connectivity index (χ4v) is 3.75. The lowest BCUT2D eigenvalue weighted by Gasteiger charge is -2.29. The van der Waals surface area contributed by atoms with E-state index in [2.05, 4.69) is 51.8 Å². The van der Waals surface area contributed by atoms with Gasteiger partial charge >= 0.3 is 0 Å². The van der Waals surface area contributed by atoms with Crippen LogP contribution in [0.5, 0.6) is 0 Å².